The Morgan fingerprint density at radius 2 is 1.55 bits per heavy atom. The first-order valence-electron chi connectivity index (χ1n) is 7.54. The molecule has 22 heavy (non-hydrogen) atoms. The average Bonchev–Trinajstić information content (AvgIpc) is 2.44. The molecule has 0 unspecified atom stereocenters. The molecule has 116 valence electrons. The van der Waals surface area contributed by atoms with E-state index in [0.29, 0.717) is 6.54 Å². The summed E-state index contributed by atoms with van der Waals surface area (Å²) in [5.74, 6) is -0.765. The van der Waals surface area contributed by atoms with Crippen molar-refractivity contribution in [1.82, 2.24) is 0 Å². The molecule has 0 aromatic heterocycles. The summed E-state index contributed by atoms with van der Waals surface area (Å²) in [6.45, 7) is 7.42. The molecule has 0 saturated carbocycles. The third-order valence-corrected chi connectivity index (χ3v) is 3.66. The van der Waals surface area contributed by atoms with Crippen LogP contribution in [0.4, 0.5) is 5.69 Å². The molecule has 3 nitrogen and oxygen atoms in total. The second-order valence-electron chi connectivity index (χ2n) is 5.90. The molecule has 0 bridgehead atoms. The molecule has 2 aromatic rings. The van der Waals surface area contributed by atoms with Crippen molar-refractivity contribution < 1.29 is 9.90 Å². The van der Waals surface area contributed by atoms with Crippen molar-refractivity contribution in [2.24, 2.45) is 0 Å². The summed E-state index contributed by atoms with van der Waals surface area (Å²) in [4.78, 5) is 13.1. The van der Waals surface area contributed by atoms with Gasteiger partial charge in [-0.2, -0.15) is 0 Å². The molecule has 3 heteroatoms. The summed E-state index contributed by atoms with van der Waals surface area (Å²) < 4.78 is 0. The SMILES string of the molecule is Cc1ccc(CN(CCC(=O)O)c2cc(C)cc(C)c2)cc1. The molecule has 0 spiro atoms. The highest BCUT2D eigenvalue weighted by Gasteiger charge is 2.10. The zero-order valence-electron chi connectivity index (χ0n) is 13.5. The van der Waals surface area contributed by atoms with Gasteiger partial charge in [-0.05, 0) is 49.6 Å². The molecular formula is C19H23NO2. The number of nitrogens with zero attached hydrogens (tertiary/aromatic N) is 1. The highest BCUT2D eigenvalue weighted by Crippen LogP contribution is 2.21. The number of rotatable bonds is 6. The zero-order valence-corrected chi connectivity index (χ0v) is 13.5. The normalized spacial score (nSPS) is 10.5. The maximum Gasteiger partial charge on any atom is 0.305 e. The first-order valence-corrected chi connectivity index (χ1v) is 7.54. The van der Waals surface area contributed by atoms with Gasteiger partial charge in [-0.25, -0.2) is 0 Å². The zero-order chi connectivity index (χ0) is 16.1. The van der Waals surface area contributed by atoms with Crippen LogP contribution in [-0.4, -0.2) is 17.6 Å². The summed E-state index contributed by atoms with van der Waals surface area (Å²) in [6.07, 6.45) is 0.138. The van der Waals surface area contributed by atoms with Gasteiger partial charge in [0.1, 0.15) is 0 Å². The number of carboxylic acid groups (broad SMARTS) is 1. The molecule has 2 rings (SSSR count). The quantitative estimate of drug-likeness (QED) is 0.873. The molecule has 0 atom stereocenters. The van der Waals surface area contributed by atoms with Crippen molar-refractivity contribution in [3.63, 3.8) is 0 Å². The predicted octanol–water partition coefficient (Wildman–Crippen LogP) is 4.09. The maximum absolute atomic E-state index is 10.9. The number of aryl methyl sites for hydroxylation is 3. The number of benzene rings is 2. The van der Waals surface area contributed by atoms with E-state index in [2.05, 4.69) is 68.1 Å². The molecule has 0 aliphatic heterocycles. The first kappa shape index (κ1) is 16.1. The minimum atomic E-state index is -0.765. The summed E-state index contributed by atoms with van der Waals surface area (Å²) in [7, 11) is 0. The number of carbonyl (C=O) groups is 1. The van der Waals surface area contributed by atoms with Gasteiger partial charge < -0.3 is 10.0 Å². The Labute approximate surface area is 132 Å². The Morgan fingerprint density at radius 1 is 0.955 bits per heavy atom. The second kappa shape index (κ2) is 7.12. The van der Waals surface area contributed by atoms with Crippen molar-refractivity contribution in [2.75, 3.05) is 11.4 Å². The first-order chi connectivity index (χ1) is 10.4. The van der Waals surface area contributed by atoms with Crippen LogP contribution in [0, 0.1) is 20.8 Å². The maximum atomic E-state index is 10.9. The van der Waals surface area contributed by atoms with Crippen molar-refractivity contribution in [3.8, 4) is 0 Å². The number of carboxylic acids is 1. The van der Waals surface area contributed by atoms with Crippen LogP contribution in [-0.2, 0) is 11.3 Å². The molecule has 0 aliphatic rings. The molecular weight excluding hydrogens is 274 g/mol. The van der Waals surface area contributed by atoms with Crippen LogP contribution in [0.3, 0.4) is 0 Å². The summed E-state index contributed by atoms with van der Waals surface area (Å²) in [5, 5.41) is 8.99. The van der Waals surface area contributed by atoms with Gasteiger partial charge in [0, 0.05) is 18.8 Å². The Hall–Kier alpha value is -2.29. The van der Waals surface area contributed by atoms with Gasteiger partial charge in [-0.3, -0.25) is 4.79 Å². The number of aliphatic carboxylic acids is 1. The monoisotopic (exact) mass is 297 g/mol. The van der Waals surface area contributed by atoms with Crippen molar-refractivity contribution in [2.45, 2.75) is 33.7 Å². The van der Waals surface area contributed by atoms with Crippen LogP contribution in [0.25, 0.3) is 0 Å². The van der Waals surface area contributed by atoms with E-state index >= 15 is 0 Å². The highest BCUT2D eigenvalue weighted by atomic mass is 16.4. The molecule has 0 heterocycles. The van der Waals surface area contributed by atoms with Crippen LogP contribution in [0.15, 0.2) is 42.5 Å². The third kappa shape index (κ3) is 4.62. The van der Waals surface area contributed by atoms with Crippen LogP contribution in [0.2, 0.25) is 0 Å². The lowest BCUT2D eigenvalue weighted by Gasteiger charge is -2.25. The van der Waals surface area contributed by atoms with E-state index in [0.717, 1.165) is 12.2 Å². The van der Waals surface area contributed by atoms with Gasteiger partial charge in [-0.1, -0.05) is 35.9 Å². The number of hydrogen-bond acceptors (Lipinski definition) is 2. The number of anilines is 1. The Balaban J connectivity index is 2.24. The van der Waals surface area contributed by atoms with E-state index in [1.54, 1.807) is 0 Å². The average molecular weight is 297 g/mol. The fourth-order valence-corrected chi connectivity index (χ4v) is 2.58. The van der Waals surface area contributed by atoms with E-state index in [-0.39, 0.29) is 6.42 Å². The Kier molecular flexibility index (Phi) is 5.21. The van der Waals surface area contributed by atoms with Crippen molar-refractivity contribution >= 4 is 11.7 Å². The van der Waals surface area contributed by atoms with E-state index in [9.17, 15) is 4.79 Å². The lowest BCUT2D eigenvalue weighted by molar-refractivity contribution is -0.136. The second-order valence-corrected chi connectivity index (χ2v) is 5.90. The molecule has 0 radical (unpaired) electrons. The molecule has 1 N–H and O–H groups in total. The van der Waals surface area contributed by atoms with Crippen LogP contribution < -0.4 is 4.90 Å². The fraction of sp³-hybridized carbons (Fsp3) is 0.316. The van der Waals surface area contributed by atoms with Gasteiger partial charge in [-0.15, -0.1) is 0 Å². The van der Waals surface area contributed by atoms with Gasteiger partial charge in [0.2, 0.25) is 0 Å². The molecule has 0 aliphatic carbocycles. The Morgan fingerprint density at radius 3 is 2.09 bits per heavy atom. The molecule has 0 fully saturated rings. The van der Waals surface area contributed by atoms with E-state index in [4.69, 9.17) is 5.11 Å². The van der Waals surface area contributed by atoms with Crippen LogP contribution in [0.5, 0.6) is 0 Å². The topological polar surface area (TPSA) is 40.5 Å². The minimum absolute atomic E-state index is 0.138. The van der Waals surface area contributed by atoms with Gasteiger partial charge in [0.25, 0.3) is 0 Å². The van der Waals surface area contributed by atoms with Crippen molar-refractivity contribution in [3.05, 3.63) is 64.7 Å². The lowest BCUT2D eigenvalue weighted by Crippen LogP contribution is -2.25. The van der Waals surface area contributed by atoms with E-state index in [1.807, 2.05) is 0 Å². The van der Waals surface area contributed by atoms with Crippen LogP contribution in [0.1, 0.15) is 28.7 Å². The summed E-state index contributed by atoms with van der Waals surface area (Å²) >= 11 is 0. The smallest absolute Gasteiger partial charge is 0.305 e. The summed E-state index contributed by atoms with van der Waals surface area (Å²) in [5.41, 5.74) is 5.89. The predicted molar refractivity (Wildman–Crippen MR) is 90.4 cm³/mol. The van der Waals surface area contributed by atoms with Gasteiger partial charge in [0.15, 0.2) is 0 Å². The minimum Gasteiger partial charge on any atom is -0.481 e. The van der Waals surface area contributed by atoms with Crippen LogP contribution >= 0.6 is 0 Å². The van der Waals surface area contributed by atoms with Gasteiger partial charge >= 0.3 is 5.97 Å². The van der Waals surface area contributed by atoms with Gasteiger partial charge in [0.05, 0.1) is 6.42 Å². The Bertz CT molecular complexity index is 627. The largest absolute Gasteiger partial charge is 0.481 e. The van der Waals surface area contributed by atoms with E-state index < -0.39 is 5.97 Å². The number of hydrogen-bond donors (Lipinski definition) is 1. The molecule has 0 amide bonds. The highest BCUT2D eigenvalue weighted by molar-refractivity contribution is 5.67. The molecule has 2 aromatic carbocycles. The lowest BCUT2D eigenvalue weighted by atomic mass is 10.1. The van der Waals surface area contributed by atoms with E-state index in [1.165, 1.54) is 22.3 Å². The standard InChI is InChI=1S/C19H23NO2/c1-14-4-6-17(7-5-14)13-20(9-8-19(21)22)18-11-15(2)10-16(3)12-18/h4-7,10-12H,8-9,13H2,1-3H3,(H,21,22). The van der Waals surface area contributed by atoms with Crippen molar-refractivity contribution in [1.29, 1.82) is 0 Å². The summed E-state index contributed by atoms with van der Waals surface area (Å²) in [6, 6.07) is 14.7. The molecule has 0 saturated heterocycles. The fourth-order valence-electron chi connectivity index (χ4n) is 2.58. The third-order valence-electron chi connectivity index (χ3n) is 3.66.